The maximum atomic E-state index is 4.47. The second kappa shape index (κ2) is 12.2. The van der Waals surface area contributed by atoms with Gasteiger partial charge in [0.1, 0.15) is 18.1 Å². The van der Waals surface area contributed by atoms with Gasteiger partial charge in [-0.25, -0.2) is 9.55 Å². The highest BCUT2D eigenvalue weighted by molar-refractivity contribution is 5.95. The van der Waals surface area contributed by atoms with Gasteiger partial charge in [-0.1, -0.05) is 81.2 Å². The quantitative estimate of drug-likeness (QED) is 0.172. The number of hydrogen-bond donors (Lipinski definition) is 0. The first-order valence-corrected chi connectivity index (χ1v) is 12.8. The fourth-order valence-corrected chi connectivity index (χ4v) is 4.09. The zero-order valence-corrected chi connectivity index (χ0v) is 22.9. The third kappa shape index (κ3) is 5.49. The molecule has 6 rings (SSSR count). The van der Waals surface area contributed by atoms with Gasteiger partial charge in [-0.2, -0.15) is 4.57 Å². The molecule has 2 heterocycles. The van der Waals surface area contributed by atoms with Gasteiger partial charge in [-0.15, -0.1) is 0 Å². The number of nitrogens with zero attached hydrogens (tertiary/aromatic N) is 4. The zero-order valence-electron chi connectivity index (χ0n) is 22.9. The molecule has 0 aliphatic carbocycles. The first-order valence-electron chi connectivity index (χ1n) is 12.8. The first kappa shape index (κ1) is 26.7. The fraction of sp³-hybridized carbons (Fsp3) is 0.250. The Labute approximate surface area is 214 Å². The van der Waals surface area contributed by atoms with Crippen LogP contribution in [0.4, 0.5) is 0 Å². The summed E-state index contributed by atoms with van der Waals surface area (Å²) < 4.78 is 4.30. The van der Waals surface area contributed by atoms with Gasteiger partial charge in [0.05, 0.1) is 18.6 Å². The van der Waals surface area contributed by atoms with Crippen LogP contribution in [0.5, 0.6) is 0 Å². The van der Waals surface area contributed by atoms with Crippen molar-refractivity contribution in [3.8, 4) is 0 Å². The largest absolute Gasteiger partial charge is 0.295 e. The lowest BCUT2D eigenvalue weighted by atomic mass is 10.1. The highest BCUT2D eigenvalue weighted by Gasteiger charge is 2.10. The lowest BCUT2D eigenvalue weighted by Gasteiger charge is -2.02. The van der Waals surface area contributed by atoms with E-state index in [9.17, 15) is 0 Å². The van der Waals surface area contributed by atoms with Gasteiger partial charge in [0.15, 0.2) is 11.9 Å². The van der Waals surface area contributed by atoms with Crippen molar-refractivity contribution in [2.24, 2.45) is 14.1 Å². The van der Waals surface area contributed by atoms with Crippen molar-refractivity contribution in [3.05, 3.63) is 96.7 Å². The van der Waals surface area contributed by atoms with Crippen LogP contribution in [0.1, 0.15) is 39.2 Å². The van der Waals surface area contributed by atoms with Crippen molar-refractivity contribution in [2.75, 3.05) is 0 Å². The lowest BCUT2D eigenvalue weighted by molar-refractivity contribution is -0.654. The normalized spacial score (nSPS) is 10.2. The Kier molecular flexibility index (Phi) is 9.02. The monoisotopic (exact) mass is 478 g/mol. The van der Waals surface area contributed by atoms with E-state index in [0.29, 0.717) is 0 Å². The molecule has 4 aromatic carbocycles. The molecule has 0 fully saturated rings. The highest BCUT2D eigenvalue weighted by atomic mass is 15.0. The van der Waals surface area contributed by atoms with Crippen LogP contribution in [0.2, 0.25) is 0 Å². The van der Waals surface area contributed by atoms with Crippen LogP contribution in [0.15, 0.2) is 85.2 Å². The van der Waals surface area contributed by atoms with Crippen LogP contribution in [-0.4, -0.2) is 9.97 Å². The Morgan fingerprint density at radius 3 is 1.61 bits per heavy atom. The molecule has 0 N–H and O–H groups in total. The summed E-state index contributed by atoms with van der Waals surface area (Å²) in [5, 5.41) is 6.23. The van der Waals surface area contributed by atoms with Gasteiger partial charge in [0.2, 0.25) is 5.52 Å². The summed E-state index contributed by atoms with van der Waals surface area (Å²) in [5.74, 6) is 1.03. The molecule has 0 saturated heterocycles. The van der Waals surface area contributed by atoms with Gasteiger partial charge in [-0.3, -0.25) is 0 Å². The van der Waals surface area contributed by atoms with Crippen molar-refractivity contribution >= 4 is 43.5 Å². The number of aromatic nitrogens is 4. The zero-order chi connectivity index (χ0) is 26.2. The van der Waals surface area contributed by atoms with E-state index in [0.717, 1.165) is 11.3 Å². The molecule has 4 nitrogen and oxygen atoms in total. The van der Waals surface area contributed by atoms with E-state index in [1.807, 2.05) is 47.0 Å². The third-order valence-electron chi connectivity index (χ3n) is 6.26. The molecular formula is C32H38N4+2. The minimum absolute atomic E-state index is 1.03. The smallest absolute Gasteiger partial charge is 0.243 e. The molecule has 0 atom stereocenters. The molecule has 0 unspecified atom stereocenters. The second-order valence-corrected chi connectivity index (χ2v) is 8.27. The van der Waals surface area contributed by atoms with E-state index in [-0.39, 0.29) is 0 Å². The molecule has 6 aromatic rings. The van der Waals surface area contributed by atoms with Crippen molar-refractivity contribution in [2.45, 2.75) is 41.5 Å². The fourth-order valence-electron chi connectivity index (χ4n) is 4.09. The summed E-state index contributed by atoms with van der Waals surface area (Å²) in [6.07, 6.45) is 3.86. The average Bonchev–Trinajstić information content (AvgIpc) is 2.94. The van der Waals surface area contributed by atoms with Crippen LogP contribution in [0.3, 0.4) is 0 Å². The van der Waals surface area contributed by atoms with Crippen LogP contribution in [-0.2, 0) is 14.1 Å². The van der Waals surface area contributed by atoms with Gasteiger partial charge in [-0.05, 0) is 39.7 Å². The molecule has 0 spiro atoms. The molecule has 4 heteroatoms. The number of rotatable bonds is 0. The third-order valence-corrected chi connectivity index (χ3v) is 6.26. The molecule has 0 amide bonds. The standard InChI is InChI=1S/2C14H13N2.2C2H6/c1-10-15-9-13-7-11-5-3-4-6-12(11)8-14(13)16(10)2;1-10-9-15-13-7-11-5-3-4-6-12(11)8-14(13)16(10)2;2*1-2/h2*3-9H,1-2H3;2*1-2H3/q2*+1;;. The van der Waals surface area contributed by atoms with Gasteiger partial charge >= 0.3 is 0 Å². The Bertz CT molecular complexity index is 1500. The topological polar surface area (TPSA) is 33.5 Å². The Hall–Kier alpha value is -3.92. The number of benzene rings is 4. The highest BCUT2D eigenvalue weighted by Crippen LogP contribution is 2.20. The summed E-state index contributed by atoms with van der Waals surface area (Å²) in [6, 6.07) is 25.6. The van der Waals surface area contributed by atoms with Crippen LogP contribution < -0.4 is 9.13 Å². The van der Waals surface area contributed by atoms with Crippen LogP contribution in [0, 0.1) is 13.8 Å². The Morgan fingerprint density at radius 2 is 1.03 bits per heavy atom. The maximum Gasteiger partial charge on any atom is 0.295 e. The van der Waals surface area contributed by atoms with Gasteiger partial charge < -0.3 is 0 Å². The number of aryl methyl sites for hydroxylation is 4. The summed E-state index contributed by atoms with van der Waals surface area (Å²) in [6.45, 7) is 12.1. The predicted octanol–water partition coefficient (Wildman–Crippen LogP) is 7.09. The minimum Gasteiger partial charge on any atom is -0.243 e. The van der Waals surface area contributed by atoms with Gasteiger partial charge in [0, 0.05) is 19.9 Å². The Balaban J connectivity index is 0.000000177. The molecule has 0 aliphatic heterocycles. The molecule has 0 radical (unpaired) electrons. The van der Waals surface area contributed by atoms with E-state index in [1.165, 1.54) is 43.7 Å². The van der Waals surface area contributed by atoms with Crippen molar-refractivity contribution in [1.82, 2.24) is 9.97 Å². The summed E-state index contributed by atoms with van der Waals surface area (Å²) in [4.78, 5) is 8.85. The second-order valence-electron chi connectivity index (χ2n) is 8.27. The molecule has 184 valence electrons. The molecule has 0 aliphatic rings. The molecule has 0 saturated carbocycles. The Morgan fingerprint density at radius 1 is 0.528 bits per heavy atom. The summed E-state index contributed by atoms with van der Waals surface area (Å²) >= 11 is 0. The lowest BCUT2D eigenvalue weighted by Crippen LogP contribution is -2.33. The van der Waals surface area contributed by atoms with Crippen molar-refractivity contribution in [1.29, 1.82) is 0 Å². The van der Waals surface area contributed by atoms with E-state index < -0.39 is 0 Å². The van der Waals surface area contributed by atoms with Crippen LogP contribution in [0.25, 0.3) is 43.5 Å². The maximum absolute atomic E-state index is 4.47. The molecule has 2 aromatic heterocycles. The SMILES string of the molecule is CC.CC.Cc1cnc2cc3ccccc3cc2[n+]1C.Cc1ncc2cc3ccccc3cc2[n+]1C. The van der Waals surface area contributed by atoms with E-state index in [2.05, 4.69) is 113 Å². The molecule has 36 heavy (non-hydrogen) atoms. The van der Waals surface area contributed by atoms with E-state index in [1.54, 1.807) is 0 Å². The van der Waals surface area contributed by atoms with Crippen LogP contribution >= 0.6 is 0 Å². The minimum atomic E-state index is 1.03. The average molecular weight is 479 g/mol. The van der Waals surface area contributed by atoms with E-state index >= 15 is 0 Å². The summed E-state index contributed by atoms with van der Waals surface area (Å²) in [5.41, 5.74) is 4.62. The molecule has 0 bridgehead atoms. The summed E-state index contributed by atoms with van der Waals surface area (Å²) in [7, 11) is 4.13. The number of fused-ring (bicyclic) bond motifs is 4. The molecular weight excluding hydrogens is 440 g/mol. The van der Waals surface area contributed by atoms with E-state index in [4.69, 9.17) is 0 Å². The van der Waals surface area contributed by atoms with Crippen molar-refractivity contribution < 1.29 is 9.13 Å². The van der Waals surface area contributed by atoms with Gasteiger partial charge in [0.25, 0.3) is 5.82 Å². The number of hydrogen-bond acceptors (Lipinski definition) is 2. The predicted molar refractivity (Wildman–Crippen MR) is 153 cm³/mol. The first-order chi connectivity index (χ1) is 17.5. The van der Waals surface area contributed by atoms with Crippen molar-refractivity contribution in [3.63, 3.8) is 0 Å².